The molecule has 120 valence electrons. The van der Waals surface area contributed by atoms with Crippen LogP contribution >= 0.6 is 0 Å². The van der Waals surface area contributed by atoms with Gasteiger partial charge in [-0.3, -0.25) is 0 Å². The minimum absolute atomic E-state index is 0.0119. The lowest BCUT2D eigenvalue weighted by Crippen LogP contribution is -2.39. The smallest absolute Gasteiger partial charge is 0.0935 e. The fourth-order valence-corrected chi connectivity index (χ4v) is 3.29. The lowest BCUT2D eigenvalue weighted by Gasteiger charge is -2.34. The van der Waals surface area contributed by atoms with Crippen LogP contribution in [0.1, 0.15) is 59.8 Å². The first-order valence-electron chi connectivity index (χ1n) is 8.59. The zero-order valence-electron chi connectivity index (χ0n) is 14.0. The molecule has 1 unspecified atom stereocenters. The summed E-state index contributed by atoms with van der Waals surface area (Å²) in [7, 11) is 0. The van der Waals surface area contributed by atoms with Crippen LogP contribution < -0.4 is 0 Å². The third-order valence-electron chi connectivity index (χ3n) is 4.70. The molecule has 0 aromatic rings. The fraction of sp³-hybridized carbons (Fsp3) is 1.00. The predicted molar refractivity (Wildman–Crippen MR) is 84.9 cm³/mol. The first-order valence-corrected chi connectivity index (χ1v) is 8.59. The normalized spacial score (nSPS) is 25.4. The van der Waals surface area contributed by atoms with Gasteiger partial charge in [0.15, 0.2) is 0 Å². The Balaban J connectivity index is 2.33. The van der Waals surface area contributed by atoms with Gasteiger partial charge in [-0.25, -0.2) is 0 Å². The second-order valence-corrected chi connectivity index (χ2v) is 6.61. The molecule has 0 aromatic carbocycles. The predicted octanol–water partition coefficient (Wildman–Crippen LogP) is 3.31. The summed E-state index contributed by atoms with van der Waals surface area (Å²) in [4.78, 5) is 2.38. The summed E-state index contributed by atoms with van der Waals surface area (Å²) >= 11 is 0. The SMILES string of the molecule is CCCN(CC)CC(CO)OC1CCC(C(C)C)CC1. The quantitative estimate of drug-likeness (QED) is 0.705. The van der Waals surface area contributed by atoms with Gasteiger partial charge in [0.1, 0.15) is 0 Å². The second kappa shape index (κ2) is 9.75. The van der Waals surface area contributed by atoms with Crippen molar-refractivity contribution in [1.29, 1.82) is 0 Å². The van der Waals surface area contributed by atoms with Gasteiger partial charge in [-0.05, 0) is 57.0 Å². The maximum Gasteiger partial charge on any atom is 0.0935 e. The Kier molecular flexibility index (Phi) is 8.74. The van der Waals surface area contributed by atoms with Crippen molar-refractivity contribution in [3.05, 3.63) is 0 Å². The first-order chi connectivity index (χ1) is 9.60. The molecule has 1 aliphatic carbocycles. The van der Waals surface area contributed by atoms with E-state index < -0.39 is 0 Å². The maximum absolute atomic E-state index is 9.56. The zero-order chi connectivity index (χ0) is 15.0. The Morgan fingerprint density at radius 2 is 1.80 bits per heavy atom. The Bertz CT molecular complexity index is 237. The minimum atomic E-state index is -0.0119. The van der Waals surface area contributed by atoms with Crippen molar-refractivity contribution in [2.75, 3.05) is 26.2 Å². The van der Waals surface area contributed by atoms with E-state index in [2.05, 4.69) is 32.6 Å². The Hall–Kier alpha value is -0.120. The summed E-state index contributed by atoms with van der Waals surface area (Å²) in [6.07, 6.45) is 6.41. The van der Waals surface area contributed by atoms with E-state index in [1.165, 1.54) is 25.7 Å². The Labute approximate surface area is 125 Å². The molecule has 0 radical (unpaired) electrons. The maximum atomic E-state index is 9.56. The average Bonchev–Trinajstić information content (AvgIpc) is 2.46. The van der Waals surface area contributed by atoms with Crippen molar-refractivity contribution in [3.8, 4) is 0 Å². The van der Waals surface area contributed by atoms with Crippen LogP contribution in [0.25, 0.3) is 0 Å². The van der Waals surface area contributed by atoms with Crippen molar-refractivity contribution in [2.45, 2.75) is 72.0 Å². The number of rotatable bonds is 9. The van der Waals surface area contributed by atoms with Gasteiger partial charge in [0.2, 0.25) is 0 Å². The molecule has 1 aliphatic rings. The Morgan fingerprint density at radius 1 is 1.15 bits per heavy atom. The molecule has 0 amide bonds. The van der Waals surface area contributed by atoms with Crippen molar-refractivity contribution in [2.24, 2.45) is 11.8 Å². The summed E-state index contributed by atoms with van der Waals surface area (Å²) < 4.78 is 6.16. The average molecular weight is 285 g/mol. The minimum Gasteiger partial charge on any atom is -0.394 e. The van der Waals surface area contributed by atoms with Crippen LogP contribution in [-0.4, -0.2) is 48.5 Å². The standard InChI is InChI=1S/C17H35NO2/c1-5-11-18(6-2)12-17(13-19)20-16-9-7-15(8-10-16)14(3)4/h14-17,19H,5-13H2,1-4H3. The van der Waals surface area contributed by atoms with Crippen LogP contribution in [0, 0.1) is 11.8 Å². The number of hydrogen-bond acceptors (Lipinski definition) is 3. The van der Waals surface area contributed by atoms with Gasteiger partial charge in [0, 0.05) is 6.54 Å². The van der Waals surface area contributed by atoms with E-state index in [1.807, 2.05) is 0 Å². The molecule has 0 spiro atoms. The molecule has 0 saturated heterocycles. The number of likely N-dealkylation sites (N-methyl/N-ethyl adjacent to an activating group) is 1. The van der Waals surface area contributed by atoms with E-state index >= 15 is 0 Å². The summed E-state index contributed by atoms with van der Waals surface area (Å²) in [5, 5.41) is 9.56. The van der Waals surface area contributed by atoms with Crippen molar-refractivity contribution >= 4 is 0 Å². The topological polar surface area (TPSA) is 32.7 Å². The number of aliphatic hydroxyl groups excluding tert-OH is 1. The van der Waals surface area contributed by atoms with Crippen LogP contribution in [0.15, 0.2) is 0 Å². The van der Waals surface area contributed by atoms with E-state index in [-0.39, 0.29) is 12.7 Å². The van der Waals surface area contributed by atoms with Crippen LogP contribution in [0.5, 0.6) is 0 Å². The van der Waals surface area contributed by atoms with Crippen LogP contribution in [0.4, 0.5) is 0 Å². The monoisotopic (exact) mass is 285 g/mol. The highest BCUT2D eigenvalue weighted by Crippen LogP contribution is 2.31. The first kappa shape index (κ1) is 17.9. The van der Waals surface area contributed by atoms with Gasteiger partial charge < -0.3 is 14.7 Å². The number of hydrogen-bond donors (Lipinski definition) is 1. The van der Waals surface area contributed by atoms with Crippen molar-refractivity contribution in [3.63, 3.8) is 0 Å². The molecule has 3 nitrogen and oxygen atoms in total. The third kappa shape index (κ3) is 6.11. The highest BCUT2D eigenvalue weighted by atomic mass is 16.5. The fourth-order valence-electron chi connectivity index (χ4n) is 3.29. The lowest BCUT2D eigenvalue weighted by molar-refractivity contribution is -0.0716. The van der Waals surface area contributed by atoms with Gasteiger partial charge >= 0.3 is 0 Å². The lowest BCUT2D eigenvalue weighted by atomic mass is 9.80. The summed E-state index contributed by atoms with van der Waals surface area (Å²) in [5.74, 6) is 1.67. The van der Waals surface area contributed by atoms with Gasteiger partial charge in [-0.15, -0.1) is 0 Å². The Morgan fingerprint density at radius 3 is 2.25 bits per heavy atom. The molecule has 0 bridgehead atoms. The van der Waals surface area contributed by atoms with E-state index in [4.69, 9.17) is 4.74 Å². The van der Waals surface area contributed by atoms with Crippen LogP contribution in [-0.2, 0) is 4.74 Å². The molecule has 0 aliphatic heterocycles. The molecule has 20 heavy (non-hydrogen) atoms. The molecule has 1 atom stereocenters. The highest BCUT2D eigenvalue weighted by molar-refractivity contribution is 4.76. The summed E-state index contributed by atoms with van der Waals surface area (Å²) in [5.41, 5.74) is 0. The molecule has 0 heterocycles. The molecule has 1 saturated carbocycles. The number of aliphatic hydroxyl groups is 1. The molecule has 1 rings (SSSR count). The van der Waals surface area contributed by atoms with Gasteiger partial charge in [-0.1, -0.05) is 27.7 Å². The molecule has 1 N–H and O–H groups in total. The summed E-state index contributed by atoms with van der Waals surface area (Å²) in [6.45, 7) is 12.2. The van der Waals surface area contributed by atoms with Gasteiger partial charge in [0.05, 0.1) is 18.8 Å². The van der Waals surface area contributed by atoms with Gasteiger partial charge in [-0.2, -0.15) is 0 Å². The van der Waals surface area contributed by atoms with Crippen LogP contribution in [0.2, 0.25) is 0 Å². The third-order valence-corrected chi connectivity index (χ3v) is 4.70. The number of ether oxygens (including phenoxy) is 1. The molecule has 1 fully saturated rings. The molecule has 3 heteroatoms. The highest BCUT2D eigenvalue weighted by Gasteiger charge is 2.26. The van der Waals surface area contributed by atoms with Crippen molar-refractivity contribution in [1.82, 2.24) is 4.90 Å². The van der Waals surface area contributed by atoms with Crippen molar-refractivity contribution < 1.29 is 9.84 Å². The van der Waals surface area contributed by atoms with Gasteiger partial charge in [0.25, 0.3) is 0 Å². The second-order valence-electron chi connectivity index (χ2n) is 6.61. The number of nitrogens with zero attached hydrogens (tertiary/aromatic N) is 1. The van der Waals surface area contributed by atoms with E-state index in [1.54, 1.807) is 0 Å². The largest absolute Gasteiger partial charge is 0.394 e. The zero-order valence-corrected chi connectivity index (χ0v) is 14.0. The summed E-state index contributed by atoms with van der Waals surface area (Å²) in [6, 6.07) is 0. The van der Waals surface area contributed by atoms with E-state index in [0.29, 0.717) is 6.10 Å². The van der Waals surface area contributed by atoms with E-state index in [9.17, 15) is 5.11 Å². The van der Waals surface area contributed by atoms with E-state index in [0.717, 1.165) is 37.9 Å². The van der Waals surface area contributed by atoms with Crippen LogP contribution in [0.3, 0.4) is 0 Å². The molecule has 0 aromatic heterocycles. The molecular weight excluding hydrogens is 250 g/mol. The molecular formula is C17H35NO2.